The van der Waals surface area contributed by atoms with Gasteiger partial charge in [0.1, 0.15) is 12.2 Å². The number of H-pyrrole nitrogens is 1. The quantitative estimate of drug-likeness (QED) is 0.562. The summed E-state index contributed by atoms with van der Waals surface area (Å²) in [5.74, 6) is -0.301. The number of hydrogen-bond acceptors (Lipinski definition) is 3. The lowest BCUT2D eigenvalue weighted by molar-refractivity contribution is -0.136. The zero-order valence-electron chi connectivity index (χ0n) is 6.42. The van der Waals surface area contributed by atoms with Crippen LogP contribution in [0.5, 0.6) is 0 Å². The van der Waals surface area contributed by atoms with E-state index in [9.17, 15) is 4.79 Å². The van der Waals surface area contributed by atoms with Crippen molar-refractivity contribution in [1.29, 1.82) is 0 Å². The third kappa shape index (κ3) is 1.18. The highest BCUT2D eigenvalue weighted by molar-refractivity contribution is 5.69. The highest BCUT2D eigenvalue weighted by Crippen LogP contribution is 2.11. The van der Waals surface area contributed by atoms with Gasteiger partial charge in [0.25, 0.3) is 0 Å². The molecule has 12 heavy (non-hydrogen) atoms. The number of hydrogen-bond donors (Lipinski definition) is 3. The number of rotatable bonds is 2. The van der Waals surface area contributed by atoms with Gasteiger partial charge < -0.3 is 15.4 Å². The maximum Gasteiger partial charge on any atom is 0.311 e. The number of nitrogens with one attached hydrogen (secondary N) is 2. The first kappa shape index (κ1) is 7.30. The Morgan fingerprint density at radius 2 is 2.42 bits per heavy atom. The Balaban J connectivity index is 2.20. The molecule has 0 fully saturated rings. The number of carboxylic acid groups (broad SMARTS) is 1. The predicted molar refractivity (Wildman–Crippen MR) is 40.5 cm³/mol. The van der Waals surface area contributed by atoms with E-state index in [2.05, 4.69) is 15.3 Å². The standard InChI is InChI=1S/C7H9N3O2/c11-7(12)1-6-9-4-2-8-3-5(4)10-6/h8H,1-3H2,(H,9,10)(H,11,12). The third-order valence-corrected chi connectivity index (χ3v) is 1.83. The van der Waals surface area contributed by atoms with Gasteiger partial charge in [0.05, 0.1) is 11.4 Å². The molecule has 0 aromatic carbocycles. The van der Waals surface area contributed by atoms with Gasteiger partial charge >= 0.3 is 5.97 Å². The van der Waals surface area contributed by atoms with Crippen LogP contribution in [0.4, 0.5) is 0 Å². The molecule has 2 rings (SSSR count). The smallest absolute Gasteiger partial charge is 0.311 e. The van der Waals surface area contributed by atoms with E-state index in [0.29, 0.717) is 5.82 Å². The van der Waals surface area contributed by atoms with Gasteiger partial charge in [0.2, 0.25) is 0 Å². The molecule has 0 bridgehead atoms. The fourth-order valence-corrected chi connectivity index (χ4v) is 1.33. The van der Waals surface area contributed by atoms with Crippen LogP contribution in [-0.2, 0) is 24.3 Å². The Hall–Kier alpha value is -1.36. The summed E-state index contributed by atoms with van der Waals surface area (Å²) in [6, 6.07) is 0. The summed E-state index contributed by atoms with van der Waals surface area (Å²) in [5, 5.41) is 11.6. The molecule has 3 N–H and O–H groups in total. The van der Waals surface area contributed by atoms with Gasteiger partial charge in [-0.3, -0.25) is 4.79 Å². The number of aromatic nitrogens is 2. The van der Waals surface area contributed by atoms with Crippen molar-refractivity contribution in [3.8, 4) is 0 Å². The fraction of sp³-hybridized carbons (Fsp3) is 0.429. The predicted octanol–water partition coefficient (Wildman–Crippen LogP) is -0.360. The lowest BCUT2D eigenvalue weighted by Gasteiger charge is -1.91. The Bertz CT molecular complexity index is 297. The minimum Gasteiger partial charge on any atom is -0.481 e. The van der Waals surface area contributed by atoms with Crippen molar-refractivity contribution in [3.63, 3.8) is 0 Å². The molecule has 0 aliphatic carbocycles. The van der Waals surface area contributed by atoms with Crippen molar-refractivity contribution in [3.05, 3.63) is 17.2 Å². The van der Waals surface area contributed by atoms with Crippen LogP contribution in [0.25, 0.3) is 0 Å². The summed E-state index contributed by atoms with van der Waals surface area (Å²) < 4.78 is 0. The molecule has 0 atom stereocenters. The van der Waals surface area contributed by atoms with Crippen LogP contribution in [0.1, 0.15) is 17.2 Å². The molecule has 1 aromatic heterocycles. The van der Waals surface area contributed by atoms with Crippen LogP contribution < -0.4 is 5.32 Å². The van der Waals surface area contributed by atoms with Gasteiger partial charge in [-0.1, -0.05) is 0 Å². The monoisotopic (exact) mass is 167 g/mol. The Morgan fingerprint density at radius 1 is 1.58 bits per heavy atom. The number of carbonyl (C=O) groups is 1. The molecule has 0 spiro atoms. The molecular formula is C7H9N3O2. The Morgan fingerprint density at radius 3 is 3.08 bits per heavy atom. The fourth-order valence-electron chi connectivity index (χ4n) is 1.33. The van der Waals surface area contributed by atoms with E-state index in [1.807, 2.05) is 0 Å². The van der Waals surface area contributed by atoms with E-state index >= 15 is 0 Å². The van der Waals surface area contributed by atoms with Gasteiger partial charge in [-0.2, -0.15) is 0 Å². The van der Waals surface area contributed by atoms with Gasteiger partial charge in [-0.05, 0) is 0 Å². The van der Waals surface area contributed by atoms with Gasteiger partial charge in [0, 0.05) is 13.1 Å². The van der Waals surface area contributed by atoms with Gasteiger partial charge in [0.15, 0.2) is 0 Å². The second-order valence-corrected chi connectivity index (χ2v) is 2.78. The van der Waals surface area contributed by atoms with Crippen molar-refractivity contribution >= 4 is 5.97 Å². The number of carboxylic acids is 1. The number of nitrogens with zero attached hydrogens (tertiary/aromatic N) is 1. The second-order valence-electron chi connectivity index (χ2n) is 2.78. The summed E-state index contributed by atoms with van der Waals surface area (Å²) in [6.07, 6.45) is -0.0208. The van der Waals surface area contributed by atoms with Crippen molar-refractivity contribution in [1.82, 2.24) is 15.3 Å². The van der Waals surface area contributed by atoms with Crippen molar-refractivity contribution in [2.45, 2.75) is 19.5 Å². The van der Waals surface area contributed by atoms with Crippen molar-refractivity contribution < 1.29 is 9.90 Å². The highest BCUT2D eigenvalue weighted by Gasteiger charge is 2.16. The highest BCUT2D eigenvalue weighted by atomic mass is 16.4. The maximum atomic E-state index is 10.3. The van der Waals surface area contributed by atoms with E-state index in [-0.39, 0.29) is 6.42 Å². The number of aliphatic carboxylic acids is 1. The lowest BCUT2D eigenvalue weighted by Crippen LogP contribution is -2.06. The molecule has 64 valence electrons. The molecule has 2 heterocycles. The van der Waals surface area contributed by atoms with E-state index in [4.69, 9.17) is 5.11 Å². The molecule has 0 radical (unpaired) electrons. The molecule has 0 saturated heterocycles. The summed E-state index contributed by atoms with van der Waals surface area (Å²) in [7, 11) is 0. The van der Waals surface area contributed by atoms with Crippen LogP contribution in [0.15, 0.2) is 0 Å². The Labute approximate surface area is 68.8 Å². The van der Waals surface area contributed by atoms with Crippen LogP contribution >= 0.6 is 0 Å². The normalized spacial score (nSPS) is 14.7. The van der Waals surface area contributed by atoms with E-state index in [0.717, 1.165) is 24.5 Å². The Kier molecular flexibility index (Phi) is 1.58. The van der Waals surface area contributed by atoms with Crippen LogP contribution in [0.2, 0.25) is 0 Å². The average molecular weight is 167 g/mol. The molecule has 0 saturated carbocycles. The first-order valence-electron chi connectivity index (χ1n) is 3.75. The van der Waals surface area contributed by atoms with E-state index in [1.54, 1.807) is 0 Å². The minimum absolute atomic E-state index is 0.0208. The topological polar surface area (TPSA) is 78.0 Å². The third-order valence-electron chi connectivity index (χ3n) is 1.83. The van der Waals surface area contributed by atoms with E-state index in [1.165, 1.54) is 0 Å². The summed E-state index contributed by atoms with van der Waals surface area (Å²) in [6.45, 7) is 1.51. The number of imidazole rings is 1. The largest absolute Gasteiger partial charge is 0.481 e. The lowest BCUT2D eigenvalue weighted by atomic mass is 10.4. The number of fused-ring (bicyclic) bond motifs is 1. The first-order valence-corrected chi connectivity index (χ1v) is 3.75. The van der Waals surface area contributed by atoms with Gasteiger partial charge in [-0.15, -0.1) is 0 Å². The molecule has 5 heteroatoms. The molecule has 0 unspecified atom stereocenters. The summed E-state index contributed by atoms with van der Waals surface area (Å²) >= 11 is 0. The molecule has 5 nitrogen and oxygen atoms in total. The molecule has 1 aliphatic rings. The van der Waals surface area contributed by atoms with Crippen molar-refractivity contribution in [2.24, 2.45) is 0 Å². The SMILES string of the molecule is O=C(O)Cc1nc2c([nH]1)CNC2. The zero-order chi connectivity index (χ0) is 8.55. The number of aromatic amines is 1. The van der Waals surface area contributed by atoms with Crippen LogP contribution in [0.3, 0.4) is 0 Å². The van der Waals surface area contributed by atoms with Crippen LogP contribution in [-0.4, -0.2) is 21.0 Å². The molecule has 0 amide bonds. The summed E-state index contributed by atoms with van der Waals surface area (Å²) in [5.41, 5.74) is 1.97. The maximum absolute atomic E-state index is 10.3. The second kappa shape index (κ2) is 2.60. The average Bonchev–Trinajstić information content (AvgIpc) is 2.43. The minimum atomic E-state index is -0.851. The first-order chi connectivity index (χ1) is 5.75. The van der Waals surface area contributed by atoms with Crippen molar-refractivity contribution in [2.75, 3.05) is 0 Å². The summed E-state index contributed by atoms with van der Waals surface area (Å²) in [4.78, 5) is 17.4. The van der Waals surface area contributed by atoms with Gasteiger partial charge in [-0.25, -0.2) is 4.98 Å². The van der Waals surface area contributed by atoms with E-state index < -0.39 is 5.97 Å². The molecule has 1 aromatic rings. The van der Waals surface area contributed by atoms with Crippen LogP contribution in [0, 0.1) is 0 Å². The molecule has 1 aliphatic heterocycles. The molecular weight excluding hydrogens is 158 g/mol. The zero-order valence-corrected chi connectivity index (χ0v) is 6.42.